The van der Waals surface area contributed by atoms with Crippen LogP contribution in [0, 0.1) is 0 Å². The number of benzene rings is 9. The second-order valence-electron chi connectivity index (χ2n) is 19.1. The van der Waals surface area contributed by atoms with Gasteiger partial charge in [0, 0.05) is 81.9 Å². The van der Waals surface area contributed by atoms with Crippen LogP contribution in [0.4, 0.5) is 17.1 Å². The number of fused-ring (bicyclic) bond motifs is 22. The van der Waals surface area contributed by atoms with E-state index in [9.17, 15) is 0 Å². The van der Waals surface area contributed by atoms with Gasteiger partial charge in [-0.15, -0.1) is 0 Å². The number of para-hydroxylation sites is 5. The predicted molar refractivity (Wildman–Crippen MR) is 265 cm³/mol. The molecule has 9 aromatic carbocycles. The molecule has 0 spiro atoms. The summed E-state index contributed by atoms with van der Waals surface area (Å²) in [4.78, 5) is 2.39. The first-order valence-corrected chi connectivity index (χ1v) is 22.5. The van der Waals surface area contributed by atoms with Gasteiger partial charge in [0.15, 0.2) is 11.2 Å². The smallest absolute Gasteiger partial charge is 0.160 e. The minimum absolute atomic E-state index is 0.379. The number of rotatable bonds is 3. The Kier molecular flexibility index (Phi) is 6.52. The van der Waals surface area contributed by atoms with E-state index in [4.69, 9.17) is 17.7 Å². The quantitative estimate of drug-likeness (QED) is 0.177. The van der Waals surface area contributed by atoms with E-state index in [-0.39, 0.29) is 10.8 Å². The Bertz CT molecular complexity index is 3990. The Morgan fingerprint density at radius 3 is 1.14 bits per heavy atom. The molecule has 2 aliphatic carbocycles. The van der Waals surface area contributed by atoms with Crippen LogP contribution in [0.15, 0.2) is 181 Å². The van der Waals surface area contributed by atoms with Crippen LogP contribution in [0.5, 0.6) is 0 Å². The van der Waals surface area contributed by atoms with Crippen molar-refractivity contribution in [2.24, 2.45) is 0 Å². The van der Waals surface area contributed by atoms with Crippen molar-refractivity contribution in [1.82, 2.24) is 0 Å². The van der Waals surface area contributed by atoms with Crippen LogP contribution in [0.1, 0.15) is 49.9 Å². The fourth-order valence-electron chi connectivity index (χ4n) is 12.0. The average Bonchev–Trinajstić information content (AvgIpc) is 4.17. The second kappa shape index (κ2) is 12.0. The highest BCUT2D eigenvalue weighted by Crippen LogP contribution is 2.62. The number of hydrogen-bond acceptors (Lipinski definition) is 5. The van der Waals surface area contributed by atoms with Crippen LogP contribution in [0.3, 0.4) is 0 Å². The van der Waals surface area contributed by atoms with Crippen LogP contribution in [0.25, 0.3) is 110 Å². The second-order valence-corrected chi connectivity index (χ2v) is 19.1. The highest BCUT2D eigenvalue weighted by molar-refractivity contribution is 6.26. The fourth-order valence-corrected chi connectivity index (χ4v) is 12.0. The summed E-state index contributed by atoms with van der Waals surface area (Å²) in [6.45, 7) is 9.40. The Hall–Kier alpha value is -8.02. The molecular weight excluding hydrogens is 799 g/mol. The van der Waals surface area contributed by atoms with Crippen molar-refractivity contribution >= 4 is 105 Å². The first-order chi connectivity index (χ1) is 31.8. The molecule has 15 rings (SSSR count). The molecule has 0 fully saturated rings. The summed E-state index contributed by atoms with van der Waals surface area (Å²) in [5.41, 5.74) is 18.5. The SMILES string of the molecule is CC1(C)c2ccc3c(oc4ccccc43)c2-c2c1cc(N(c1ccccc1)c1cc3c(c4c1oc1ccccc14)-c1c(ccc4c1oc1ccccc14)C3(C)C)c1oc3ccccc3c21. The highest BCUT2D eigenvalue weighted by atomic mass is 16.3. The van der Waals surface area contributed by atoms with Gasteiger partial charge in [0.1, 0.15) is 33.5 Å². The lowest BCUT2D eigenvalue weighted by atomic mass is 9.81. The number of anilines is 3. The summed E-state index contributed by atoms with van der Waals surface area (Å²) in [6, 6.07) is 58.3. The molecule has 0 aliphatic heterocycles. The highest BCUT2D eigenvalue weighted by Gasteiger charge is 2.44. The standard InChI is InChI=1S/C60H39NO4/c1-59(2)39-28-26-35-33-18-8-12-22-45(33)62-55(35)53(39)51-41(59)30-43(57-49(51)37-20-10-14-24-47(37)64-57)61(32-16-6-5-7-17-32)44-31-42-52(50-38-21-11-15-25-48(38)65-58(44)50)54-40(60(42,3)4)29-27-36-34-19-9-13-23-46(34)63-56(36)54/h5-31H,1-4H3. The zero-order valence-electron chi connectivity index (χ0n) is 36.2. The van der Waals surface area contributed by atoms with Crippen LogP contribution in [-0.4, -0.2) is 0 Å². The van der Waals surface area contributed by atoms with E-state index < -0.39 is 0 Å². The molecule has 5 nitrogen and oxygen atoms in total. The van der Waals surface area contributed by atoms with Gasteiger partial charge in [-0.1, -0.05) is 143 Å². The summed E-state index contributed by atoms with van der Waals surface area (Å²) in [7, 11) is 0. The summed E-state index contributed by atoms with van der Waals surface area (Å²) in [5.74, 6) is 0. The van der Waals surface area contributed by atoms with E-state index in [0.29, 0.717) is 0 Å². The van der Waals surface area contributed by atoms with Crippen molar-refractivity contribution in [2.45, 2.75) is 38.5 Å². The van der Waals surface area contributed by atoms with Gasteiger partial charge >= 0.3 is 0 Å². The molecule has 0 unspecified atom stereocenters. The normalized spacial score (nSPS) is 14.7. The number of furan rings is 4. The van der Waals surface area contributed by atoms with Crippen LogP contribution < -0.4 is 4.90 Å². The first kappa shape index (κ1) is 35.4. The van der Waals surface area contributed by atoms with Gasteiger partial charge in [-0.05, 0) is 70.8 Å². The van der Waals surface area contributed by atoms with Crippen molar-refractivity contribution in [2.75, 3.05) is 4.90 Å². The lowest BCUT2D eigenvalue weighted by Crippen LogP contribution is -2.18. The topological polar surface area (TPSA) is 55.8 Å². The molecule has 0 atom stereocenters. The summed E-state index contributed by atoms with van der Waals surface area (Å²) < 4.78 is 28.1. The Morgan fingerprint density at radius 2 is 0.692 bits per heavy atom. The molecular formula is C60H39NO4. The third-order valence-electron chi connectivity index (χ3n) is 15.0. The fraction of sp³-hybridized carbons (Fsp3) is 0.100. The predicted octanol–water partition coefficient (Wildman–Crippen LogP) is 17.4. The van der Waals surface area contributed by atoms with E-state index in [0.717, 1.165) is 116 Å². The summed E-state index contributed by atoms with van der Waals surface area (Å²) in [5, 5.41) is 8.77. The van der Waals surface area contributed by atoms with E-state index in [1.165, 1.54) is 33.4 Å². The third-order valence-corrected chi connectivity index (χ3v) is 15.0. The molecule has 0 amide bonds. The molecule has 2 aliphatic rings. The summed E-state index contributed by atoms with van der Waals surface area (Å²) in [6.07, 6.45) is 0. The Morgan fingerprint density at radius 1 is 0.323 bits per heavy atom. The Balaban J connectivity index is 1.09. The van der Waals surface area contributed by atoms with E-state index in [1.807, 2.05) is 12.1 Å². The molecule has 0 bridgehead atoms. The number of nitrogens with zero attached hydrogens (tertiary/aromatic N) is 1. The van der Waals surface area contributed by atoms with Crippen molar-refractivity contribution < 1.29 is 17.7 Å². The van der Waals surface area contributed by atoms with Crippen molar-refractivity contribution in [3.8, 4) is 22.3 Å². The zero-order valence-corrected chi connectivity index (χ0v) is 36.2. The van der Waals surface area contributed by atoms with Gasteiger partial charge in [0.2, 0.25) is 0 Å². The molecule has 308 valence electrons. The third kappa shape index (κ3) is 4.33. The maximum absolute atomic E-state index is 7.20. The van der Waals surface area contributed by atoms with Gasteiger partial charge < -0.3 is 22.6 Å². The van der Waals surface area contributed by atoms with E-state index >= 15 is 0 Å². The van der Waals surface area contributed by atoms with Crippen molar-refractivity contribution in [1.29, 1.82) is 0 Å². The van der Waals surface area contributed by atoms with Gasteiger partial charge in [-0.3, -0.25) is 0 Å². The molecule has 4 aromatic heterocycles. The minimum Gasteiger partial charge on any atom is -0.455 e. The van der Waals surface area contributed by atoms with Crippen LogP contribution in [-0.2, 0) is 10.8 Å². The van der Waals surface area contributed by atoms with Crippen LogP contribution >= 0.6 is 0 Å². The Labute approximate surface area is 372 Å². The first-order valence-electron chi connectivity index (χ1n) is 22.5. The molecule has 0 saturated carbocycles. The van der Waals surface area contributed by atoms with Gasteiger partial charge in [-0.2, -0.15) is 0 Å². The molecule has 13 aromatic rings. The average molecular weight is 838 g/mol. The maximum atomic E-state index is 7.20. The largest absolute Gasteiger partial charge is 0.455 e. The molecule has 0 saturated heterocycles. The minimum atomic E-state index is -0.379. The maximum Gasteiger partial charge on any atom is 0.160 e. The van der Waals surface area contributed by atoms with E-state index in [2.05, 4.69) is 184 Å². The van der Waals surface area contributed by atoms with Gasteiger partial charge in [-0.25, -0.2) is 0 Å². The lowest BCUT2D eigenvalue weighted by Gasteiger charge is -2.30. The molecule has 65 heavy (non-hydrogen) atoms. The molecule has 0 radical (unpaired) electrons. The molecule has 4 heterocycles. The van der Waals surface area contributed by atoms with Crippen molar-refractivity contribution in [3.05, 3.63) is 186 Å². The number of hydrogen-bond donors (Lipinski definition) is 0. The summed E-state index contributed by atoms with van der Waals surface area (Å²) >= 11 is 0. The van der Waals surface area contributed by atoms with Crippen LogP contribution in [0.2, 0.25) is 0 Å². The van der Waals surface area contributed by atoms with Gasteiger partial charge in [0.05, 0.1) is 11.4 Å². The van der Waals surface area contributed by atoms with Crippen molar-refractivity contribution in [3.63, 3.8) is 0 Å². The monoisotopic (exact) mass is 837 g/mol. The van der Waals surface area contributed by atoms with E-state index in [1.54, 1.807) is 0 Å². The lowest BCUT2D eigenvalue weighted by molar-refractivity contribution is 0.650. The molecule has 0 N–H and O–H groups in total. The molecule has 5 heteroatoms. The zero-order chi connectivity index (χ0) is 43.1. The van der Waals surface area contributed by atoms with Gasteiger partial charge in [0.25, 0.3) is 0 Å².